The van der Waals surface area contributed by atoms with Crippen LogP contribution in [-0.4, -0.2) is 5.91 Å². The molecule has 86 valence electrons. The topological polar surface area (TPSA) is 66.9 Å². The fourth-order valence-corrected chi connectivity index (χ4v) is 4.82. The van der Waals surface area contributed by atoms with Crippen molar-refractivity contribution in [2.24, 2.45) is 34.8 Å². The highest BCUT2D eigenvalue weighted by Gasteiger charge is 2.58. The van der Waals surface area contributed by atoms with E-state index in [1.54, 1.807) is 0 Å². The van der Waals surface area contributed by atoms with E-state index in [1.807, 2.05) is 0 Å². The van der Waals surface area contributed by atoms with Gasteiger partial charge >= 0.3 is 0 Å². The van der Waals surface area contributed by atoms with Crippen LogP contribution in [0.5, 0.6) is 0 Å². The minimum Gasteiger partial charge on any atom is -0.370 e. The second-order valence-electron chi connectivity index (χ2n) is 6.10. The maximum absolute atomic E-state index is 11.2. The molecule has 0 aromatic carbocycles. The van der Waals surface area contributed by atoms with Gasteiger partial charge in [-0.05, 0) is 55.8 Å². The first kappa shape index (κ1) is 10.1. The summed E-state index contributed by atoms with van der Waals surface area (Å²) in [4.78, 5) is 11.2. The predicted octanol–water partition coefficient (Wildman–Crippen LogP) is 1.83. The molecule has 4 saturated carbocycles. The van der Waals surface area contributed by atoms with E-state index < -0.39 is 5.41 Å². The Morgan fingerprint density at radius 2 is 1.69 bits per heavy atom. The monoisotopic (exact) mass is 218 g/mol. The Labute approximate surface area is 96.0 Å². The van der Waals surface area contributed by atoms with Crippen molar-refractivity contribution in [3.8, 4) is 6.07 Å². The second kappa shape index (κ2) is 3.23. The van der Waals surface area contributed by atoms with E-state index in [4.69, 9.17) is 5.73 Å². The lowest BCUT2D eigenvalue weighted by Crippen LogP contribution is -2.53. The first-order valence-electron chi connectivity index (χ1n) is 6.33. The van der Waals surface area contributed by atoms with Gasteiger partial charge in [-0.1, -0.05) is 0 Å². The third-order valence-electron chi connectivity index (χ3n) is 5.27. The zero-order valence-electron chi connectivity index (χ0n) is 9.48. The number of nitrogens with two attached hydrogens (primary N) is 1. The fourth-order valence-electron chi connectivity index (χ4n) is 4.82. The first-order valence-corrected chi connectivity index (χ1v) is 6.33. The van der Waals surface area contributed by atoms with Gasteiger partial charge in [0.25, 0.3) is 0 Å². The Bertz CT molecular complexity index is 341. The van der Waals surface area contributed by atoms with Crippen molar-refractivity contribution in [2.75, 3.05) is 0 Å². The number of rotatable bonds is 2. The third kappa shape index (κ3) is 1.22. The predicted molar refractivity (Wildman–Crippen MR) is 58.9 cm³/mol. The molecule has 0 aromatic rings. The van der Waals surface area contributed by atoms with Crippen LogP contribution in [0.15, 0.2) is 0 Å². The first-order chi connectivity index (χ1) is 7.64. The van der Waals surface area contributed by atoms with Gasteiger partial charge in [-0.3, -0.25) is 4.79 Å². The van der Waals surface area contributed by atoms with Gasteiger partial charge in [-0.2, -0.15) is 5.26 Å². The number of amides is 1. The van der Waals surface area contributed by atoms with Crippen LogP contribution in [0, 0.1) is 40.4 Å². The molecule has 4 bridgehead atoms. The number of hydrogen-bond donors (Lipinski definition) is 1. The number of nitriles is 1. The highest BCUT2D eigenvalue weighted by atomic mass is 16.1. The molecule has 4 rings (SSSR count). The molecule has 0 aromatic heterocycles. The summed E-state index contributed by atoms with van der Waals surface area (Å²) in [6.45, 7) is 0. The Morgan fingerprint density at radius 1 is 1.19 bits per heavy atom. The third-order valence-corrected chi connectivity index (χ3v) is 5.27. The Morgan fingerprint density at radius 3 is 2.06 bits per heavy atom. The number of carbonyl (C=O) groups excluding carboxylic acids is 1. The smallest absolute Gasteiger partial charge is 0.219 e. The Hall–Kier alpha value is -1.04. The molecule has 4 aliphatic rings. The summed E-state index contributed by atoms with van der Waals surface area (Å²) in [6.07, 6.45) is 6.30. The van der Waals surface area contributed by atoms with Crippen LogP contribution in [0.1, 0.15) is 38.5 Å². The van der Waals surface area contributed by atoms with Gasteiger partial charge in [-0.15, -0.1) is 0 Å². The molecular weight excluding hydrogens is 200 g/mol. The maximum Gasteiger partial charge on any atom is 0.219 e. The summed E-state index contributed by atoms with van der Waals surface area (Å²) in [5.41, 5.74) is 4.94. The van der Waals surface area contributed by atoms with Gasteiger partial charge < -0.3 is 5.73 Å². The van der Waals surface area contributed by atoms with Crippen molar-refractivity contribution in [2.45, 2.75) is 38.5 Å². The highest BCUT2D eigenvalue weighted by molar-refractivity contribution is 5.75. The lowest BCUT2D eigenvalue weighted by molar-refractivity contribution is -0.128. The quantitative estimate of drug-likeness (QED) is 0.768. The number of hydrogen-bond acceptors (Lipinski definition) is 2. The molecule has 4 fully saturated rings. The van der Waals surface area contributed by atoms with Crippen LogP contribution in [0.3, 0.4) is 0 Å². The average molecular weight is 218 g/mol. The fraction of sp³-hybridized carbons (Fsp3) is 0.846. The van der Waals surface area contributed by atoms with E-state index in [2.05, 4.69) is 6.07 Å². The molecule has 16 heavy (non-hydrogen) atoms. The van der Waals surface area contributed by atoms with Crippen molar-refractivity contribution in [1.82, 2.24) is 0 Å². The highest BCUT2D eigenvalue weighted by Crippen LogP contribution is 2.63. The number of primary amides is 1. The molecule has 3 heteroatoms. The minimum atomic E-state index is -0.404. The molecule has 0 saturated heterocycles. The van der Waals surface area contributed by atoms with E-state index in [0.717, 1.165) is 37.5 Å². The van der Waals surface area contributed by atoms with Crippen molar-refractivity contribution >= 4 is 5.91 Å². The van der Waals surface area contributed by atoms with Crippen LogP contribution in [0.4, 0.5) is 0 Å². The summed E-state index contributed by atoms with van der Waals surface area (Å²) in [6, 6.07) is 2.49. The lowest BCUT2D eigenvalue weighted by atomic mass is 9.45. The van der Waals surface area contributed by atoms with Gasteiger partial charge in [0.1, 0.15) is 0 Å². The SMILES string of the molecule is N#CC1(CC(N)=O)C2CC3CC(C2)CC1C3. The van der Waals surface area contributed by atoms with Gasteiger partial charge in [-0.25, -0.2) is 0 Å². The van der Waals surface area contributed by atoms with Crippen LogP contribution in [-0.2, 0) is 4.79 Å². The standard InChI is InChI=1S/C13H18N2O/c14-7-13(6-12(15)16)10-2-8-1-9(4-10)5-11(13)3-8/h8-11H,1-6H2,(H2,15,16). The summed E-state index contributed by atoms with van der Waals surface area (Å²) in [7, 11) is 0. The molecule has 4 aliphatic carbocycles. The van der Waals surface area contributed by atoms with Gasteiger partial charge in [0.15, 0.2) is 0 Å². The molecule has 0 spiro atoms. The molecule has 1 amide bonds. The van der Waals surface area contributed by atoms with Crippen molar-refractivity contribution in [1.29, 1.82) is 5.26 Å². The maximum atomic E-state index is 11.2. The number of carbonyl (C=O) groups is 1. The van der Waals surface area contributed by atoms with E-state index in [0.29, 0.717) is 11.8 Å². The van der Waals surface area contributed by atoms with E-state index in [-0.39, 0.29) is 12.3 Å². The molecule has 0 radical (unpaired) electrons. The molecule has 0 atom stereocenters. The molecule has 0 aliphatic heterocycles. The summed E-state index contributed by atoms with van der Waals surface area (Å²) in [5.74, 6) is 2.25. The van der Waals surface area contributed by atoms with Crippen molar-refractivity contribution < 1.29 is 4.79 Å². The second-order valence-corrected chi connectivity index (χ2v) is 6.10. The Balaban J connectivity index is 1.94. The zero-order valence-corrected chi connectivity index (χ0v) is 9.48. The van der Waals surface area contributed by atoms with Crippen LogP contribution in [0.25, 0.3) is 0 Å². The lowest BCUT2D eigenvalue weighted by Gasteiger charge is -2.58. The van der Waals surface area contributed by atoms with E-state index >= 15 is 0 Å². The van der Waals surface area contributed by atoms with Gasteiger partial charge in [0, 0.05) is 6.42 Å². The zero-order chi connectivity index (χ0) is 11.3. The van der Waals surface area contributed by atoms with Crippen molar-refractivity contribution in [3.63, 3.8) is 0 Å². The van der Waals surface area contributed by atoms with Crippen LogP contribution >= 0.6 is 0 Å². The number of nitrogens with zero attached hydrogens (tertiary/aromatic N) is 1. The molecule has 0 heterocycles. The van der Waals surface area contributed by atoms with E-state index in [9.17, 15) is 10.1 Å². The van der Waals surface area contributed by atoms with Crippen LogP contribution in [0.2, 0.25) is 0 Å². The summed E-state index contributed by atoms with van der Waals surface area (Å²) >= 11 is 0. The van der Waals surface area contributed by atoms with Gasteiger partial charge in [0.05, 0.1) is 11.5 Å². The molecule has 2 N–H and O–H groups in total. The van der Waals surface area contributed by atoms with Crippen molar-refractivity contribution in [3.05, 3.63) is 0 Å². The summed E-state index contributed by atoms with van der Waals surface area (Å²) in [5, 5.41) is 9.54. The minimum absolute atomic E-state index is 0.290. The van der Waals surface area contributed by atoms with E-state index in [1.165, 1.54) is 6.42 Å². The molecular formula is C13H18N2O. The average Bonchev–Trinajstić information content (AvgIpc) is 2.22. The Kier molecular flexibility index (Phi) is 2.04. The normalized spacial score (nSPS) is 48.9. The molecule has 3 nitrogen and oxygen atoms in total. The van der Waals surface area contributed by atoms with Gasteiger partial charge in [0.2, 0.25) is 5.91 Å². The van der Waals surface area contributed by atoms with Crippen LogP contribution < -0.4 is 5.73 Å². The molecule has 0 unspecified atom stereocenters. The largest absolute Gasteiger partial charge is 0.370 e. The summed E-state index contributed by atoms with van der Waals surface area (Å²) < 4.78 is 0.